The fourth-order valence-electron chi connectivity index (χ4n) is 3.80. The first-order chi connectivity index (χ1) is 15.7. The van der Waals surface area contributed by atoms with Crippen molar-refractivity contribution in [2.24, 2.45) is 7.05 Å². The minimum atomic E-state index is -4.40. The quantitative estimate of drug-likeness (QED) is 0.392. The summed E-state index contributed by atoms with van der Waals surface area (Å²) in [6.45, 7) is 2.16. The third kappa shape index (κ3) is 3.76. The zero-order valence-electron chi connectivity index (χ0n) is 17.6. The van der Waals surface area contributed by atoms with Crippen LogP contribution in [-0.2, 0) is 19.8 Å². The average molecular weight is 469 g/mol. The number of hydrogen-bond donors (Lipinski definition) is 1. The van der Waals surface area contributed by atoms with Gasteiger partial charge in [0.05, 0.1) is 22.6 Å². The van der Waals surface area contributed by atoms with Gasteiger partial charge in [0, 0.05) is 36.1 Å². The molecule has 0 aliphatic rings. The van der Waals surface area contributed by atoms with E-state index in [0.717, 1.165) is 38.7 Å². The number of imidazole rings is 1. The first-order valence-corrected chi connectivity index (χ1v) is 10.9. The average Bonchev–Trinajstić information content (AvgIpc) is 3.44. The van der Waals surface area contributed by atoms with E-state index in [1.165, 1.54) is 23.5 Å². The molecule has 10 heteroatoms. The van der Waals surface area contributed by atoms with Gasteiger partial charge in [-0.3, -0.25) is 9.36 Å². The predicted octanol–water partition coefficient (Wildman–Crippen LogP) is 5.23. The largest absolute Gasteiger partial charge is 0.416 e. The molecule has 0 aliphatic carbocycles. The molecule has 0 fully saturated rings. The van der Waals surface area contributed by atoms with Gasteiger partial charge < -0.3 is 9.88 Å². The number of carbonyl (C=O) groups excluding carboxylic acids is 1. The Morgan fingerprint density at radius 3 is 2.58 bits per heavy atom. The van der Waals surface area contributed by atoms with E-state index in [2.05, 4.69) is 15.3 Å². The van der Waals surface area contributed by atoms with Crippen molar-refractivity contribution >= 4 is 38.5 Å². The summed E-state index contributed by atoms with van der Waals surface area (Å²) in [5, 5.41) is 4.45. The Hall–Kier alpha value is -3.66. The topological polar surface area (TPSA) is 64.7 Å². The normalized spacial score (nSPS) is 12.0. The summed E-state index contributed by atoms with van der Waals surface area (Å²) >= 11 is 1.45. The number of halogens is 3. The van der Waals surface area contributed by atoms with E-state index < -0.39 is 11.7 Å². The predicted molar refractivity (Wildman–Crippen MR) is 121 cm³/mol. The minimum absolute atomic E-state index is 0.248. The van der Waals surface area contributed by atoms with Gasteiger partial charge in [-0.05, 0) is 49.4 Å². The Morgan fingerprint density at radius 2 is 1.91 bits per heavy atom. The lowest BCUT2D eigenvalue weighted by atomic mass is 10.1. The van der Waals surface area contributed by atoms with Crippen molar-refractivity contribution in [2.45, 2.75) is 19.6 Å². The third-order valence-electron chi connectivity index (χ3n) is 5.45. The molecule has 0 radical (unpaired) electrons. The summed E-state index contributed by atoms with van der Waals surface area (Å²) in [7, 11) is 1.85. The molecule has 0 bridgehead atoms. The van der Waals surface area contributed by atoms with Crippen LogP contribution in [0.4, 0.5) is 13.2 Å². The molecule has 168 valence electrons. The van der Waals surface area contributed by atoms with E-state index in [4.69, 9.17) is 0 Å². The lowest BCUT2D eigenvalue weighted by Crippen LogP contribution is -2.24. The van der Waals surface area contributed by atoms with Crippen molar-refractivity contribution in [3.05, 3.63) is 76.8 Å². The molecule has 1 N–H and O–H groups in total. The van der Waals surface area contributed by atoms with E-state index in [1.807, 2.05) is 23.1 Å². The van der Waals surface area contributed by atoms with Crippen molar-refractivity contribution in [3.63, 3.8) is 0 Å². The number of alkyl halides is 3. The number of amides is 1. The highest BCUT2D eigenvalue weighted by molar-refractivity contribution is 7.18. The molecule has 0 aliphatic heterocycles. The fraction of sp³-hybridized carbons (Fsp3) is 0.174. The molecule has 0 spiro atoms. The van der Waals surface area contributed by atoms with Gasteiger partial charge in [0.1, 0.15) is 16.2 Å². The number of fused-ring (bicyclic) bond motifs is 3. The first-order valence-electron chi connectivity index (χ1n) is 10.1. The van der Waals surface area contributed by atoms with Crippen molar-refractivity contribution in [1.29, 1.82) is 0 Å². The van der Waals surface area contributed by atoms with Crippen LogP contribution >= 0.6 is 11.3 Å². The van der Waals surface area contributed by atoms with Gasteiger partial charge in [-0.25, -0.2) is 9.97 Å². The van der Waals surface area contributed by atoms with Crippen LogP contribution in [0, 0.1) is 6.92 Å². The molecule has 6 nitrogen and oxygen atoms in total. The molecule has 1 amide bonds. The standard InChI is InChI=1S/C23H18F3N5OS/c1-13-29-20-17-11-14(21(32)28-12-19-27-9-10-30(19)2)3-8-18(17)31(22(20)33-13)16-6-4-15(5-7-16)23(24,25)26/h3-11H,12H2,1-2H3,(H,28,32). The second-order valence-corrected chi connectivity index (χ2v) is 8.82. The zero-order chi connectivity index (χ0) is 23.3. The lowest BCUT2D eigenvalue weighted by Gasteiger charge is -2.10. The minimum Gasteiger partial charge on any atom is -0.345 e. The molecule has 5 rings (SSSR count). The van der Waals surface area contributed by atoms with Crippen molar-refractivity contribution in [3.8, 4) is 5.69 Å². The summed E-state index contributed by atoms with van der Waals surface area (Å²) in [5.41, 5.74) is 1.84. The molecular formula is C23H18F3N5OS. The molecule has 3 aromatic heterocycles. The SMILES string of the molecule is Cc1nc2c3cc(C(=O)NCc4nccn4C)ccc3n(-c3ccc(C(F)(F)F)cc3)c2s1. The summed E-state index contributed by atoms with van der Waals surface area (Å²) < 4.78 is 42.7. The first kappa shape index (κ1) is 21.2. The van der Waals surface area contributed by atoms with Crippen LogP contribution < -0.4 is 5.32 Å². The highest BCUT2D eigenvalue weighted by atomic mass is 32.1. The third-order valence-corrected chi connectivity index (χ3v) is 6.41. The summed E-state index contributed by atoms with van der Waals surface area (Å²) in [6, 6.07) is 10.3. The van der Waals surface area contributed by atoms with Gasteiger partial charge in [-0.1, -0.05) is 0 Å². The maximum Gasteiger partial charge on any atom is 0.416 e. The van der Waals surface area contributed by atoms with Crippen LogP contribution in [0.15, 0.2) is 54.9 Å². The summed E-state index contributed by atoms with van der Waals surface area (Å²) in [6.07, 6.45) is -0.928. The van der Waals surface area contributed by atoms with Crippen LogP contribution in [0.3, 0.4) is 0 Å². The second kappa shape index (κ2) is 7.73. The van der Waals surface area contributed by atoms with Gasteiger partial charge in [0.15, 0.2) is 0 Å². The number of thiazole rings is 1. The highest BCUT2D eigenvalue weighted by Crippen LogP contribution is 2.36. The molecule has 33 heavy (non-hydrogen) atoms. The van der Waals surface area contributed by atoms with E-state index in [-0.39, 0.29) is 12.5 Å². The van der Waals surface area contributed by atoms with Gasteiger partial charge in [-0.2, -0.15) is 13.2 Å². The monoisotopic (exact) mass is 469 g/mol. The number of aryl methyl sites for hydroxylation is 2. The zero-order valence-corrected chi connectivity index (χ0v) is 18.5. The number of benzene rings is 2. The van der Waals surface area contributed by atoms with Crippen LogP contribution in [-0.4, -0.2) is 25.0 Å². The van der Waals surface area contributed by atoms with Crippen LogP contribution in [0.5, 0.6) is 0 Å². The van der Waals surface area contributed by atoms with Crippen LogP contribution in [0.25, 0.3) is 26.9 Å². The Labute approximate surface area is 190 Å². The molecule has 5 aromatic rings. The number of hydrogen-bond acceptors (Lipinski definition) is 4. The van der Waals surface area contributed by atoms with Crippen molar-refractivity contribution in [2.75, 3.05) is 0 Å². The number of carbonyl (C=O) groups is 1. The lowest BCUT2D eigenvalue weighted by molar-refractivity contribution is -0.137. The molecule has 3 heterocycles. The van der Waals surface area contributed by atoms with E-state index in [0.29, 0.717) is 16.8 Å². The number of nitrogens with one attached hydrogen (secondary N) is 1. The molecule has 0 saturated carbocycles. The van der Waals surface area contributed by atoms with E-state index in [1.54, 1.807) is 30.6 Å². The van der Waals surface area contributed by atoms with Gasteiger partial charge in [0.25, 0.3) is 5.91 Å². The Bertz CT molecular complexity index is 1490. The fourth-order valence-corrected chi connectivity index (χ4v) is 4.76. The smallest absolute Gasteiger partial charge is 0.345 e. The maximum absolute atomic E-state index is 13.0. The number of rotatable bonds is 4. The van der Waals surface area contributed by atoms with Gasteiger partial charge >= 0.3 is 6.18 Å². The molecule has 0 saturated heterocycles. The summed E-state index contributed by atoms with van der Waals surface area (Å²) in [5.74, 6) is 0.484. The maximum atomic E-state index is 13.0. The van der Waals surface area contributed by atoms with Crippen molar-refractivity contribution in [1.82, 2.24) is 24.4 Å². The van der Waals surface area contributed by atoms with Gasteiger partial charge in [-0.15, -0.1) is 11.3 Å². The molecule has 2 aromatic carbocycles. The number of nitrogens with zero attached hydrogens (tertiary/aromatic N) is 4. The van der Waals surface area contributed by atoms with Crippen LogP contribution in [0.2, 0.25) is 0 Å². The Kier molecular flexibility index (Phi) is 4.97. The van der Waals surface area contributed by atoms with E-state index in [9.17, 15) is 18.0 Å². The summed E-state index contributed by atoms with van der Waals surface area (Å²) in [4.78, 5) is 22.4. The van der Waals surface area contributed by atoms with Gasteiger partial charge in [0.2, 0.25) is 0 Å². The molecule has 0 unspecified atom stereocenters. The Morgan fingerprint density at radius 1 is 1.15 bits per heavy atom. The Balaban J connectivity index is 1.55. The van der Waals surface area contributed by atoms with E-state index >= 15 is 0 Å². The molecule has 0 atom stereocenters. The number of aromatic nitrogens is 4. The molecular weight excluding hydrogens is 451 g/mol. The highest BCUT2D eigenvalue weighted by Gasteiger charge is 2.30. The van der Waals surface area contributed by atoms with Crippen LogP contribution in [0.1, 0.15) is 26.8 Å². The van der Waals surface area contributed by atoms with Crippen molar-refractivity contribution < 1.29 is 18.0 Å². The second-order valence-electron chi connectivity index (χ2n) is 7.64.